The molecule has 0 fully saturated rings. The van der Waals surface area contributed by atoms with Gasteiger partial charge in [-0.2, -0.15) is 0 Å². The molecule has 0 saturated carbocycles. The van der Waals surface area contributed by atoms with Crippen LogP contribution in [0.1, 0.15) is 5.69 Å². The number of fused-ring (bicyclic) bond motifs is 1. The van der Waals surface area contributed by atoms with Crippen molar-refractivity contribution in [1.82, 2.24) is 9.47 Å². The molecule has 2 aromatic carbocycles. The van der Waals surface area contributed by atoms with Crippen molar-refractivity contribution in [2.75, 3.05) is 14.1 Å². The molecular formula is C18H17N3O3. The number of hydrogen-bond acceptors (Lipinski definition) is 4. The van der Waals surface area contributed by atoms with Crippen LogP contribution in [0, 0.1) is 10.1 Å². The maximum Gasteiger partial charge on any atom is 0.302 e. The second-order valence-electron chi connectivity index (χ2n) is 5.64. The summed E-state index contributed by atoms with van der Waals surface area (Å²) >= 11 is 0. The van der Waals surface area contributed by atoms with E-state index in [2.05, 4.69) is 0 Å². The SMILES string of the molecule is CN(C)/C=C\c1c([N+](=O)[O-])c2ccc(O)cc2n1-c1ccccc1. The number of phenolic OH excluding ortho intramolecular Hbond substituents is 1. The van der Waals surface area contributed by atoms with Gasteiger partial charge in [-0.25, -0.2) is 0 Å². The van der Waals surface area contributed by atoms with Gasteiger partial charge in [-0.15, -0.1) is 0 Å². The number of para-hydroxylation sites is 1. The lowest BCUT2D eigenvalue weighted by Gasteiger charge is -2.09. The third-order valence-corrected chi connectivity index (χ3v) is 3.69. The molecule has 0 amide bonds. The molecule has 0 aliphatic carbocycles. The van der Waals surface area contributed by atoms with Crippen molar-refractivity contribution in [3.8, 4) is 11.4 Å². The normalized spacial score (nSPS) is 11.2. The third-order valence-electron chi connectivity index (χ3n) is 3.69. The van der Waals surface area contributed by atoms with Crippen LogP contribution >= 0.6 is 0 Å². The first-order valence-corrected chi connectivity index (χ1v) is 7.41. The molecule has 0 unspecified atom stereocenters. The van der Waals surface area contributed by atoms with Crippen LogP contribution in [0.5, 0.6) is 5.75 Å². The van der Waals surface area contributed by atoms with Gasteiger partial charge in [0.15, 0.2) is 0 Å². The summed E-state index contributed by atoms with van der Waals surface area (Å²) in [5.74, 6) is 0.0650. The number of aromatic nitrogens is 1. The van der Waals surface area contributed by atoms with Crippen LogP contribution in [0.25, 0.3) is 22.7 Å². The van der Waals surface area contributed by atoms with Crippen LogP contribution in [0.15, 0.2) is 54.7 Å². The molecule has 24 heavy (non-hydrogen) atoms. The molecule has 3 rings (SSSR count). The predicted octanol–water partition coefficient (Wildman–Crippen LogP) is 3.78. The van der Waals surface area contributed by atoms with Gasteiger partial charge in [0, 0.05) is 32.0 Å². The molecule has 3 aromatic rings. The van der Waals surface area contributed by atoms with Gasteiger partial charge in [-0.05, 0) is 30.3 Å². The van der Waals surface area contributed by atoms with E-state index in [1.54, 1.807) is 29.0 Å². The molecule has 0 bridgehead atoms. The van der Waals surface area contributed by atoms with E-state index < -0.39 is 0 Å². The number of benzene rings is 2. The van der Waals surface area contributed by atoms with Crippen molar-refractivity contribution >= 4 is 22.7 Å². The first-order valence-electron chi connectivity index (χ1n) is 7.41. The smallest absolute Gasteiger partial charge is 0.302 e. The highest BCUT2D eigenvalue weighted by atomic mass is 16.6. The maximum absolute atomic E-state index is 11.7. The van der Waals surface area contributed by atoms with Gasteiger partial charge in [0.2, 0.25) is 0 Å². The van der Waals surface area contributed by atoms with Gasteiger partial charge in [0.25, 0.3) is 0 Å². The Morgan fingerprint density at radius 2 is 1.88 bits per heavy atom. The Balaban J connectivity index is 2.44. The van der Waals surface area contributed by atoms with Crippen molar-refractivity contribution < 1.29 is 10.0 Å². The minimum absolute atomic E-state index is 0.0203. The van der Waals surface area contributed by atoms with E-state index in [1.807, 2.05) is 49.3 Å². The van der Waals surface area contributed by atoms with E-state index in [-0.39, 0.29) is 16.4 Å². The molecule has 0 atom stereocenters. The summed E-state index contributed by atoms with van der Waals surface area (Å²) in [4.78, 5) is 13.1. The van der Waals surface area contributed by atoms with Crippen molar-refractivity contribution in [1.29, 1.82) is 0 Å². The summed E-state index contributed by atoms with van der Waals surface area (Å²) in [7, 11) is 3.70. The van der Waals surface area contributed by atoms with E-state index in [0.29, 0.717) is 16.6 Å². The zero-order valence-corrected chi connectivity index (χ0v) is 13.4. The average molecular weight is 323 g/mol. The molecule has 0 saturated heterocycles. The van der Waals surface area contributed by atoms with E-state index in [4.69, 9.17) is 0 Å². The fraction of sp³-hybridized carbons (Fsp3) is 0.111. The Bertz CT molecular complexity index is 928. The zero-order chi connectivity index (χ0) is 17.3. The molecule has 122 valence electrons. The van der Waals surface area contributed by atoms with Gasteiger partial charge in [-0.3, -0.25) is 10.1 Å². The molecule has 1 N–H and O–H groups in total. The first kappa shape index (κ1) is 15.6. The van der Waals surface area contributed by atoms with Crippen molar-refractivity contribution in [2.24, 2.45) is 0 Å². The summed E-state index contributed by atoms with van der Waals surface area (Å²) in [6, 6.07) is 14.0. The number of aromatic hydroxyl groups is 1. The minimum Gasteiger partial charge on any atom is -0.508 e. The molecule has 0 spiro atoms. The molecule has 0 aliphatic heterocycles. The van der Waals surface area contributed by atoms with Crippen LogP contribution in [0.3, 0.4) is 0 Å². The van der Waals surface area contributed by atoms with Gasteiger partial charge in [0.1, 0.15) is 11.4 Å². The second kappa shape index (κ2) is 6.08. The molecule has 1 heterocycles. The highest BCUT2D eigenvalue weighted by Crippen LogP contribution is 2.37. The highest BCUT2D eigenvalue weighted by Gasteiger charge is 2.25. The van der Waals surface area contributed by atoms with Crippen molar-refractivity contribution in [3.05, 3.63) is 70.5 Å². The predicted molar refractivity (Wildman–Crippen MR) is 94.3 cm³/mol. The lowest BCUT2D eigenvalue weighted by Crippen LogP contribution is -2.02. The van der Waals surface area contributed by atoms with E-state index in [0.717, 1.165) is 5.69 Å². The summed E-state index contributed by atoms with van der Waals surface area (Å²) in [6.45, 7) is 0. The fourth-order valence-corrected chi connectivity index (χ4v) is 2.70. The van der Waals surface area contributed by atoms with Crippen LogP contribution in [-0.2, 0) is 0 Å². The van der Waals surface area contributed by atoms with Gasteiger partial charge in [-0.1, -0.05) is 18.2 Å². The molecule has 0 radical (unpaired) electrons. The van der Waals surface area contributed by atoms with Gasteiger partial charge >= 0.3 is 5.69 Å². The van der Waals surface area contributed by atoms with E-state index in [9.17, 15) is 15.2 Å². The summed E-state index contributed by atoms with van der Waals surface area (Å²) in [5.41, 5.74) is 1.86. The standard InChI is InChI=1S/C18H17N3O3/c1-19(2)11-10-16-18(21(23)24)15-9-8-14(22)12-17(15)20(16)13-6-4-3-5-7-13/h3-12,22H,1-2H3/b11-10-. The number of nitro groups is 1. The maximum atomic E-state index is 11.7. The lowest BCUT2D eigenvalue weighted by atomic mass is 10.2. The van der Waals surface area contributed by atoms with E-state index >= 15 is 0 Å². The third kappa shape index (κ3) is 2.69. The number of phenols is 1. The number of rotatable bonds is 4. The Labute approximate surface area is 139 Å². The van der Waals surface area contributed by atoms with Crippen molar-refractivity contribution in [2.45, 2.75) is 0 Å². The molecule has 1 aromatic heterocycles. The fourth-order valence-electron chi connectivity index (χ4n) is 2.70. The molecule has 6 heteroatoms. The van der Waals surface area contributed by atoms with Crippen LogP contribution < -0.4 is 0 Å². The van der Waals surface area contributed by atoms with Crippen LogP contribution in [-0.4, -0.2) is 33.6 Å². The van der Waals surface area contributed by atoms with Gasteiger partial charge in [0.05, 0.1) is 15.8 Å². The number of nitrogens with zero attached hydrogens (tertiary/aromatic N) is 3. The average Bonchev–Trinajstić information content (AvgIpc) is 2.87. The summed E-state index contributed by atoms with van der Waals surface area (Å²) in [5, 5.41) is 22.0. The Kier molecular flexibility index (Phi) is 3.95. The monoisotopic (exact) mass is 323 g/mol. The summed E-state index contributed by atoms with van der Waals surface area (Å²) in [6.07, 6.45) is 3.47. The first-order chi connectivity index (χ1) is 11.5. The number of hydrogen-bond donors (Lipinski definition) is 1. The minimum atomic E-state index is -0.381. The quantitative estimate of drug-likeness (QED) is 0.586. The molecule has 6 nitrogen and oxygen atoms in total. The lowest BCUT2D eigenvalue weighted by molar-refractivity contribution is -0.383. The molecular weight excluding hydrogens is 306 g/mol. The topological polar surface area (TPSA) is 71.5 Å². The zero-order valence-electron chi connectivity index (χ0n) is 13.4. The summed E-state index contributed by atoms with van der Waals surface area (Å²) < 4.78 is 1.78. The second-order valence-corrected chi connectivity index (χ2v) is 5.64. The van der Waals surface area contributed by atoms with Crippen molar-refractivity contribution in [3.63, 3.8) is 0 Å². The molecule has 0 aliphatic rings. The largest absolute Gasteiger partial charge is 0.508 e. The van der Waals surface area contributed by atoms with Crippen LogP contribution in [0.2, 0.25) is 0 Å². The van der Waals surface area contributed by atoms with Crippen LogP contribution in [0.4, 0.5) is 5.69 Å². The highest BCUT2D eigenvalue weighted by molar-refractivity contribution is 5.96. The Morgan fingerprint density at radius 3 is 2.50 bits per heavy atom. The van der Waals surface area contributed by atoms with Gasteiger partial charge < -0.3 is 14.6 Å². The Morgan fingerprint density at radius 1 is 1.17 bits per heavy atom. The Hall–Kier alpha value is -3.28. The van der Waals surface area contributed by atoms with E-state index in [1.165, 1.54) is 6.07 Å².